The van der Waals surface area contributed by atoms with Crippen molar-refractivity contribution < 1.29 is 8.83 Å². The molecule has 42 heavy (non-hydrogen) atoms. The normalized spacial score (nSPS) is 11.8. The van der Waals surface area contributed by atoms with E-state index in [1.54, 1.807) is 6.26 Å². The van der Waals surface area contributed by atoms with Crippen LogP contribution in [0.25, 0.3) is 87.8 Å². The van der Waals surface area contributed by atoms with Gasteiger partial charge in [0.2, 0.25) is 0 Å². The van der Waals surface area contributed by atoms with Gasteiger partial charge in [-0.1, -0.05) is 109 Å². The van der Waals surface area contributed by atoms with Crippen molar-refractivity contribution in [3.8, 4) is 33.4 Å². The van der Waals surface area contributed by atoms with Crippen LogP contribution in [0.3, 0.4) is 0 Å². The van der Waals surface area contributed by atoms with Crippen LogP contribution in [0, 0.1) is 0 Å². The molecule has 0 unspecified atom stereocenters. The minimum atomic E-state index is 0.840. The molecule has 0 saturated carbocycles. The summed E-state index contributed by atoms with van der Waals surface area (Å²) in [5.41, 5.74) is 9.89. The van der Waals surface area contributed by atoms with Crippen LogP contribution in [-0.4, -0.2) is 0 Å². The van der Waals surface area contributed by atoms with Gasteiger partial charge in [-0.3, -0.25) is 0 Å². The maximum absolute atomic E-state index is 6.27. The van der Waals surface area contributed by atoms with Gasteiger partial charge in [-0.15, -0.1) is 0 Å². The summed E-state index contributed by atoms with van der Waals surface area (Å²) in [5.74, 6) is 0. The van der Waals surface area contributed by atoms with Crippen molar-refractivity contribution in [2.75, 3.05) is 0 Å². The van der Waals surface area contributed by atoms with Gasteiger partial charge in [-0.2, -0.15) is 0 Å². The standard InChI is InChI=1S/C40H24O2/c1-2-10-25(11-3-1)28-12-4-5-13-29(28)38-32-16-8-6-14-30(32)37(31-15-7-9-17-33(31)38)27-19-20-35-34(24-27)39-36(42-35)21-18-26-22-23-41-40(26)39/h1-24H. The molecule has 7 aromatic carbocycles. The van der Waals surface area contributed by atoms with Gasteiger partial charge in [0.15, 0.2) is 0 Å². The molecule has 0 N–H and O–H groups in total. The lowest BCUT2D eigenvalue weighted by Gasteiger charge is -2.19. The molecule has 0 aliphatic carbocycles. The van der Waals surface area contributed by atoms with E-state index in [0.717, 1.165) is 38.5 Å². The molecule has 9 rings (SSSR count). The van der Waals surface area contributed by atoms with E-state index in [4.69, 9.17) is 8.83 Å². The van der Waals surface area contributed by atoms with E-state index < -0.39 is 0 Å². The first-order chi connectivity index (χ1) is 20.8. The minimum Gasteiger partial charge on any atom is -0.464 e. The van der Waals surface area contributed by atoms with Gasteiger partial charge in [-0.25, -0.2) is 0 Å². The molecule has 0 saturated heterocycles. The summed E-state index contributed by atoms with van der Waals surface area (Å²) in [6.07, 6.45) is 1.75. The van der Waals surface area contributed by atoms with Gasteiger partial charge in [0.25, 0.3) is 0 Å². The average Bonchev–Trinajstić information content (AvgIpc) is 3.68. The highest BCUT2D eigenvalue weighted by molar-refractivity contribution is 6.24. The number of hydrogen-bond acceptors (Lipinski definition) is 2. The van der Waals surface area contributed by atoms with Crippen LogP contribution in [-0.2, 0) is 0 Å². The highest BCUT2D eigenvalue weighted by Gasteiger charge is 2.20. The second-order valence-corrected chi connectivity index (χ2v) is 10.8. The second kappa shape index (κ2) is 8.95. The Bertz CT molecular complexity index is 2400. The van der Waals surface area contributed by atoms with Gasteiger partial charge in [0, 0.05) is 10.8 Å². The zero-order valence-corrected chi connectivity index (χ0v) is 22.7. The lowest BCUT2D eigenvalue weighted by molar-refractivity contribution is 0.618. The lowest BCUT2D eigenvalue weighted by Crippen LogP contribution is -1.92. The average molecular weight is 537 g/mol. The van der Waals surface area contributed by atoms with Crippen LogP contribution < -0.4 is 0 Å². The summed E-state index contributed by atoms with van der Waals surface area (Å²) < 4.78 is 12.2. The third-order valence-electron chi connectivity index (χ3n) is 8.55. The van der Waals surface area contributed by atoms with E-state index in [9.17, 15) is 0 Å². The van der Waals surface area contributed by atoms with Crippen molar-refractivity contribution in [1.82, 2.24) is 0 Å². The van der Waals surface area contributed by atoms with Crippen LogP contribution in [0.4, 0.5) is 0 Å². The molecule has 0 spiro atoms. The molecule has 2 aromatic heterocycles. The van der Waals surface area contributed by atoms with E-state index in [-0.39, 0.29) is 0 Å². The number of furan rings is 2. The van der Waals surface area contributed by atoms with Crippen molar-refractivity contribution in [2.45, 2.75) is 0 Å². The Hall–Kier alpha value is -5.60. The van der Waals surface area contributed by atoms with Crippen molar-refractivity contribution in [1.29, 1.82) is 0 Å². The molecule has 0 aliphatic heterocycles. The molecule has 0 atom stereocenters. The van der Waals surface area contributed by atoms with Crippen molar-refractivity contribution in [2.24, 2.45) is 0 Å². The summed E-state index contributed by atoms with van der Waals surface area (Å²) in [4.78, 5) is 0. The molecule has 0 fully saturated rings. The number of hydrogen-bond donors (Lipinski definition) is 0. The zero-order chi connectivity index (χ0) is 27.6. The van der Waals surface area contributed by atoms with Gasteiger partial charge in [-0.05, 0) is 85.3 Å². The maximum atomic E-state index is 6.27. The van der Waals surface area contributed by atoms with Gasteiger partial charge in [0.1, 0.15) is 16.7 Å². The minimum absolute atomic E-state index is 0.840. The largest absolute Gasteiger partial charge is 0.464 e. The topological polar surface area (TPSA) is 26.3 Å². The Kier molecular flexibility index (Phi) is 4.93. The Labute approximate surface area is 242 Å². The molecule has 9 aromatic rings. The molecular weight excluding hydrogens is 512 g/mol. The predicted octanol–water partition coefficient (Wildman–Crippen LogP) is 11.6. The quantitative estimate of drug-likeness (QED) is 0.210. The first kappa shape index (κ1) is 23.1. The predicted molar refractivity (Wildman–Crippen MR) is 175 cm³/mol. The molecule has 0 radical (unpaired) electrons. The van der Waals surface area contributed by atoms with E-state index in [1.807, 2.05) is 12.1 Å². The summed E-state index contributed by atoms with van der Waals surface area (Å²) in [6.45, 7) is 0. The third kappa shape index (κ3) is 3.33. The van der Waals surface area contributed by atoms with E-state index in [2.05, 4.69) is 127 Å². The number of fused-ring (bicyclic) bond motifs is 7. The fourth-order valence-corrected chi connectivity index (χ4v) is 6.74. The molecule has 0 amide bonds. The highest BCUT2D eigenvalue weighted by Crippen LogP contribution is 2.47. The monoisotopic (exact) mass is 536 g/mol. The second-order valence-electron chi connectivity index (χ2n) is 10.8. The van der Waals surface area contributed by atoms with Crippen LogP contribution >= 0.6 is 0 Å². The molecular formula is C40H24O2. The SMILES string of the molecule is c1ccc(-c2ccccc2-c2c3ccccc3c(-c3ccc4oc5ccc6ccoc6c5c4c3)c3ccccc23)cc1. The molecule has 0 aliphatic rings. The van der Waals surface area contributed by atoms with Gasteiger partial charge in [0.05, 0.1) is 11.6 Å². The molecule has 2 heterocycles. The van der Waals surface area contributed by atoms with Crippen LogP contribution in [0.5, 0.6) is 0 Å². The number of rotatable bonds is 3. The van der Waals surface area contributed by atoms with Crippen LogP contribution in [0.2, 0.25) is 0 Å². The zero-order valence-electron chi connectivity index (χ0n) is 22.7. The van der Waals surface area contributed by atoms with E-state index in [1.165, 1.54) is 49.4 Å². The van der Waals surface area contributed by atoms with Crippen molar-refractivity contribution in [3.63, 3.8) is 0 Å². The maximum Gasteiger partial charge on any atom is 0.145 e. The Morgan fingerprint density at radius 1 is 0.405 bits per heavy atom. The molecule has 196 valence electrons. The first-order valence-corrected chi connectivity index (χ1v) is 14.3. The Morgan fingerprint density at radius 3 is 1.76 bits per heavy atom. The summed E-state index contributed by atoms with van der Waals surface area (Å²) in [6, 6.07) is 49.7. The fourth-order valence-electron chi connectivity index (χ4n) is 6.74. The smallest absolute Gasteiger partial charge is 0.145 e. The summed E-state index contributed by atoms with van der Waals surface area (Å²) in [5, 5.41) is 8.09. The summed E-state index contributed by atoms with van der Waals surface area (Å²) >= 11 is 0. The lowest BCUT2D eigenvalue weighted by atomic mass is 9.83. The molecule has 2 heteroatoms. The fraction of sp³-hybridized carbons (Fsp3) is 0. The highest BCUT2D eigenvalue weighted by atomic mass is 16.3. The number of benzene rings is 7. The molecule has 2 nitrogen and oxygen atoms in total. The van der Waals surface area contributed by atoms with Crippen molar-refractivity contribution >= 4 is 54.5 Å². The summed E-state index contributed by atoms with van der Waals surface area (Å²) in [7, 11) is 0. The van der Waals surface area contributed by atoms with Crippen LogP contribution in [0.1, 0.15) is 0 Å². The van der Waals surface area contributed by atoms with Gasteiger partial charge >= 0.3 is 0 Å². The third-order valence-corrected chi connectivity index (χ3v) is 8.55. The van der Waals surface area contributed by atoms with Crippen LogP contribution in [0.15, 0.2) is 155 Å². The Morgan fingerprint density at radius 2 is 1.02 bits per heavy atom. The van der Waals surface area contributed by atoms with Crippen molar-refractivity contribution in [3.05, 3.63) is 146 Å². The van der Waals surface area contributed by atoms with E-state index in [0.29, 0.717) is 0 Å². The molecule has 0 bridgehead atoms. The van der Waals surface area contributed by atoms with E-state index >= 15 is 0 Å². The first-order valence-electron chi connectivity index (χ1n) is 14.3. The Balaban J connectivity index is 1.39. The van der Waals surface area contributed by atoms with Gasteiger partial charge < -0.3 is 8.83 Å².